The van der Waals surface area contributed by atoms with Crippen molar-refractivity contribution in [2.24, 2.45) is 5.73 Å². The Bertz CT molecular complexity index is 486. The summed E-state index contributed by atoms with van der Waals surface area (Å²) in [5.41, 5.74) is 8.31. The number of hydrogen-bond acceptors (Lipinski definition) is 3. The van der Waals surface area contributed by atoms with Crippen molar-refractivity contribution in [2.45, 2.75) is 18.3 Å². The number of benzene rings is 1. The summed E-state index contributed by atoms with van der Waals surface area (Å²) >= 11 is 1.75. The van der Waals surface area contributed by atoms with Crippen LogP contribution in [0.25, 0.3) is 11.3 Å². The van der Waals surface area contributed by atoms with Crippen LogP contribution in [0.2, 0.25) is 0 Å². The molecular weight excluding hydrogens is 216 g/mol. The van der Waals surface area contributed by atoms with Gasteiger partial charge in [-0.2, -0.15) is 0 Å². The number of nitrogens with zero attached hydrogens (tertiary/aromatic N) is 1. The molecule has 2 aromatic rings. The molecule has 0 atom stereocenters. The summed E-state index contributed by atoms with van der Waals surface area (Å²) in [6.07, 6.45) is 2.40. The molecule has 0 amide bonds. The van der Waals surface area contributed by atoms with Crippen LogP contribution >= 0.6 is 11.3 Å². The SMILES string of the molecule is NCC1(c2nc(-c3ccccc3)cs2)CC1. The van der Waals surface area contributed by atoms with Crippen molar-refractivity contribution in [3.63, 3.8) is 0 Å². The van der Waals surface area contributed by atoms with Gasteiger partial charge in [0.05, 0.1) is 5.69 Å². The molecule has 1 saturated carbocycles. The standard InChI is InChI=1S/C13H14N2S/c14-9-13(6-7-13)12-15-11(8-16-12)10-4-2-1-3-5-10/h1-5,8H,6-7,9,14H2. The van der Waals surface area contributed by atoms with Gasteiger partial charge in [-0.25, -0.2) is 4.98 Å². The number of hydrogen-bond donors (Lipinski definition) is 1. The van der Waals surface area contributed by atoms with E-state index in [0.29, 0.717) is 0 Å². The third-order valence-corrected chi connectivity index (χ3v) is 4.36. The van der Waals surface area contributed by atoms with Crippen LogP contribution < -0.4 is 5.73 Å². The predicted molar refractivity (Wildman–Crippen MR) is 67.5 cm³/mol. The van der Waals surface area contributed by atoms with E-state index in [1.165, 1.54) is 23.4 Å². The van der Waals surface area contributed by atoms with Crippen molar-refractivity contribution in [3.05, 3.63) is 40.7 Å². The third-order valence-electron chi connectivity index (χ3n) is 3.27. The van der Waals surface area contributed by atoms with Crippen molar-refractivity contribution in [1.82, 2.24) is 4.98 Å². The van der Waals surface area contributed by atoms with Gasteiger partial charge in [0.15, 0.2) is 0 Å². The fourth-order valence-corrected chi connectivity index (χ4v) is 3.02. The maximum Gasteiger partial charge on any atom is 0.101 e. The number of aromatic nitrogens is 1. The summed E-state index contributed by atoms with van der Waals surface area (Å²) in [4.78, 5) is 4.72. The molecule has 2 nitrogen and oxygen atoms in total. The van der Waals surface area contributed by atoms with E-state index in [1.54, 1.807) is 11.3 Å². The highest BCUT2D eigenvalue weighted by atomic mass is 32.1. The van der Waals surface area contributed by atoms with E-state index in [1.807, 2.05) is 18.2 Å². The Balaban J connectivity index is 1.94. The minimum atomic E-state index is 0.220. The highest BCUT2D eigenvalue weighted by Gasteiger charge is 2.45. The molecule has 0 aliphatic heterocycles. The van der Waals surface area contributed by atoms with E-state index in [2.05, 4.69) is 17.5 Å². The molecule has 1 fully saturated rings. The van der Waals surface area contributed by atoms with Gasteiger partial charge in [0.1, 0.15) is 5.01 Å². The Kier molecular flexibility index (Phi) is 2.30. The molecule has 1 aromatic heterocycles. The van der Waals surface area contributed by atoms with Gasteiger partial charge < -0.3 is 5.73 Å². The van der Waals surface area contributed by atoms with Crippen LogP contribution in [0.5, 0.6) is 0 Å². The smallest absolute Gasteiger partial charge is 0.101 e. The quantitative estimate of drug-likeness (QED) is 0.880. The Morgan fingerprint density at radius 2 is 2.00 bits per heavy atom. The Labute approximate surface area is 99.1 Å². The molecule has 1 aliphatic carbocycles. The monoisotopic (exact) mass is 230 g/mol. The molecule has 1 heterocycles. The lowest BCUT2D eigenvalue weighted by Crippen LogP contribution is -2.19. The fraction of sp³-hybridized carbons (Fsp3) is 0.308. The minimum Gasteiger partial charge on any atom is -0.329 e. The first-order valence-corrected chi connectivity index (χ1v) is 6.43. The van der Waals surface area contributed by atoms with Crippen molar-refractivity contribution in [2.75, 3.05) is 6.54 Å². The average molecular weight is 230 g/mol. The van der Waals surface area contributed by atoms with Gasteiger partial charge in [0.25, 0.3) is 0 Å². The lowest BCUT2D eigenvalue weighted by molar-refractivity contribution is 0.698. The van der Waals surface area contributed by atoms with Crippen LogP contribution in [0.3, 0.4) is 0 Å². The van der Waals surface area contributed by atoms with Gasteiger partial charge in [-0.05, 0) is 12.8 Å². The number of thiazole rings is 1. The molecule has 0 spiro atoms. The van der Waals surface area contributed by atoms with E-state index in [0.717, 1.165) is 12.2 Å². The average Bonchev–Trinajstić information content (AvgIpc) is 3.00. The molecule has 3 rings (SSSR count). The molecule has 16 heavy (non-hydrogen) atoms. The van der Waals surface area contributed by atoms with Crippen molar-refractivity contribution in [3.8, 4) is 11.3 Å². The fourth-order valence-electron chi connectivity index (χ4n) is 1.92. The second-order valence-corrected chi connectivity index (χ2v) is 5.25. The Morgan fingerprint density at radius 1 is 1.25 bits per heavy atom. The number of nitrogens with two attached hydrogens (primary N) is 1. The summed E-state index contributed by atoms with van der Waals surface area (Å²) in [5.74, 6) is 0. The van der Waals surface area contributed by atoms with Crippen LogP contribution in [0.1, 0.15) is 17.8 Å². The Hall–Kier alpha value is -1.19. The molecule has 3 heteroatoms. The number of rotatable bonds is 3. The lowest BCUT2D eigenvalue weighted by Gasteiger charge is -2.06. The van der Waals surface area contributed by atoms with E-state index < -0.39 is 0 Å². The first-order chi connectivity index (χ1) is 7.84. The lowest BCUT2D eigenvalue weighted by atomic mass is 10.1. The van der Waals surface area contributed by atoms with Crippen molar-refractivity contribution in [1.29, 1.82) is 0 Å². The maximum atomic E-state index is 5.82. The zero-order valence-corrected chi connectivity index (χ0v) is 9.83. The van der Waals surface area contributed by atoms with Gasteiger partial charge >= 0.3 is 0 Å². The van der Waals surface area contributed by atoms with Crippen LogP contribution in [0, 0.1) is 0 Å². The Morgan fingerprint density at radius 3 is 2.62 bits per heavy atom. The summed E-state index contributed by atoms with van der Waals surface area (Å²) in [6, 6.07) is 10.3. The van der Waals surface area contributed by atoms with Gasteiger partial charge in [0.2, 0.25) is 0 Å². The minimum absolute atomic E-state index is 0.220. The highest BCUT2D eigenvalue weighted by Crippen LogP contribution is 2.48. The summed E-state index contributed by atoms with van der Waals surface area (Å²) in [6.45, 7) is 0.731. The molecule has 0 radical (unpaired) electrons. The van der Waals surface area contributed by atoms with E-state index in [9.17, 15) is 0 Å². The maximum absolute atomic E-state index is 5.82. The van der Waals surface area contributed by atoms with E-state index >= 15 is 0 Å². The second kappa shape index (κ2) is 3.68. The summed E-state index contributed by atoms with van der Waals surface area (Å²) < 4.78 is 0. The summed E-state index contributed by atoms with van der Waals surface area (Å²) in [5, 5.41) is 3.36. The first kappa shape index (κ1) is 10.00. The topological polar surface area (TPSA) is 38.9 Å². The van der Waals surface area contributed by atoms with E-state index in [4.69, 9.17) is 10.7 Å². The third kappa shape index (κ3) is 1.56. The van der Waals surface area contributed by atoms with Crippen molar-refractivity contribution < 1.29 is 0 Å². The van der Waals surface area contributed by atoms with Crippen LogP contribution in [0.15, 0.2) is 35.7 Å². The molecule has 0 saturated heterocycles. The molecule has 0 bridgehead atoms. The van der Waals surface area contributed by atoms with Crippen LogP contribution in [0.4, 0.5) is 0 Å². The molecule has 82 valence electrons. The van der Waals surface area contributed by atoms with Crippen LogP contribution in [-0.2, 0) is 5.41 Å². The van der Waals surface area contributed by atoms with Gasteiger partial charge in [0, 0.05) is 22.9 Å². The second-order valence-electron chi connectivity index (χ2n) is 4.39. The summed E-state index contributed by atoms with van der Waals surface area (Å²) in [7, 11) is 0. The molecule has 1 aromatic carbocycles. The van der Waals surface area contributed by atoms with E-state index in [-0.39, 0.29) is 5.41 Å². The molecular formula is C13H14N2S. The molecule has 1 aliphatic rings. The van der Waals surface area contributed by atoms with Crippen molar-refractivity contribution >= 4 is 11.3 Å². The zero-order chi connectivity index (χ0) is 11.0. The van der Waals surface area contributed by atoms with Gasteiger partial charge in [-0.1, -0.05) is 30.3 Å². The normalized spacial score (nSPS) is 17.3. The largest absolute Gasteiger partial charge is 0.329 e. The predicted octanol–water partition coefficient (Wildman–Crippen LogP) is 2.80. The molecule has 2 N–H and O–H groups in total. The zero-order valence-electron chi connectivity index (χ0n) is 9.02. The highest BCUT2D eigenvalue weighted by molar-refractivity contribution is 7.10. The van der Waals surface area contributed by atoms with Crippen LogP contribution in [-0.4, -0.2) is 11.5 Å². The van der Waals surface area contributed by atoms with Gasteiger partial charge in [-0.15, -0.1) is 11.3 Å². The molecule has 0 unspecified atom stereocenters. The first-order valence-electron chi connectivity index (χ1n) is 5.56. The van der Waals surface area contributed by atoms with Gasteiger partial charge in [-0.3, -0.25) is 0 Å².